The van der Waals surface area contributed by atoms with Crippen molar-refractivity contribution < 1.29 is 18.7 Å². The van der Waals surface area contributed by atoms with Gasteiger partial charge in [0.2, 0.25) is 0 Å². The molecule has 0 amide bonds. The van der Waals surface area contributed by atoms with Gasteiger partial charge in [-0.1, -0.05) is 23.2 Å². The first-order chi connectivity index (χ1) is 8.85. The predicted octanol–water partition coefficient (Wildman–Crippen LogP) is 3.92. The minimum Gasteiger partial charge on any atom is -0.505 e. The number of hydrogen-bond acceptors (Lipinski definition) is 5. The molecule has 108 valence electrons. The minimum atomic E-state index is -3.51. The fraction of sp³-hybridized carbons (Fsp3) is 0.455. The van der Waals surface area contributed by atoms with Gasteiger partial charge in [0.15, 0.2) is 5.75 Å². The minimum absolute atomic E-state index is 0.0255. The summed E-state index contributed by atoms with van der Waals surface area (Å²) in [6.45, 7) is 3.78. The van der Waals surface area contributed by atoms with Gasteiger partial charge < -0.3 is 19.9 Å². The molecule has 3 N–H and O–H groups in total. The molecular weight excluding hydrogens is 312 g/mol. The van der Waals surface area contributed by atoms with Crippen LogP contribution in [0, 0.1) is 0 Å². The first-order valence-electron chi connectivity index (χ1n) is 5.68. The summed E-state index contributed by atoms with van der Waals surface area (Å²) in [5, 5.41) is 9.54. The molecule has 1 aromatic carbocycles. The van der Waals surface area contributed by atoms with Gasteiger partial charge in [0, 0.05) is 0 Å². The number of benzene rings is 1. The van der Waals surface area contributed by atoms with Crippen molar-refractivity contribution in [3.8, 4) is 5.75 Å². The fourth-order valence-electron chi connectivity index (χ4n) is 1.50. The highest BCUT2D eigenvalue weighted by atomic mass is 35.5. The second-order valence-electron chi connectivity index (χ2n) is 3.65. The van der Waals surface area contributed by atoms with Gasteiger partial charge in [0.05, 0.1) is 23.3 Å². The second kappa shape index (κ2) is 6.93. The molecule has 5 nitrogen and oxygen atoms in total. The molecular formula is C11H16Cl2NO4P. The normalized spacial score (nSPS) is 13.5. The largest absolute Gasteiger partial charge is 0.505 e. The van der Waals surface area contributed by atoms with E-state index in [0.29, 0.717) is 5.56 Å². The molecule has 0 heterocycles. The SMILES string of the molecule is CCOP(=O)(OCC)[C@H](N)c1cc(Cl)c(O)c(Cl)c1. The predicted molar refractivity (Wildman–Crippen MR) is 75.9 cm³/mol. The van der Waals surface area contributed by atoms with E-state index in [-0.39, 0.29) is 29.0 Å². The third-order valence-electron chi connectivity index (χ3n) is 2.34. The molecule has 0 saturated carbocycles. The van der Waals surface area contributed by atoms with Crippen LogP contribution in [0.15, 0.2) is 12.1 Å². The van der Waals surface area contributed by atoms with Crippen molar-refractivity contribution >= 4 is 30.8 Å². The third kappa shape index (κ3) is 3.85. The summed E-state index contributed by atoms with van der Waals surface area (Å²) in [5.74, 6) is -1.27. The van der Waals surface area contributed by atoms with Crippen molar-refractivity contribution in [2.45, 2.75) is 19.6 Å². The maximum atomic E-state index is 12.5. The third-order valence-corrected chi connectivity index (χ3v) is 5.13. The van der Waals surface area contributed by atoms with Crippen LogP contribution in [0.4, 0.5) is 0 Å². The molecule has 0 aromatic heterocycles. The quantitative estimate of drug-likeness (QED) is 0.774. The van der Waals surface area contributed by atoms with Crippen LogP contribution >= 0.6 is 30.8 Å². The molecule has 0 aliphatic rings. The molecule has 0 saturated heterocycles. The van der Waals surface area contributed by atoms with Crippen LogP contribution in [0.2, 0.25) is 10.0 Å². The van der Waals surface area contributed by atoms with Crippen LogP contribution < -0.4 is 5.73 Å². The summed E-state index contributed by atoms with van der Waals surface area (Å²) in [6, 6.07) is 2.77. The van der Waals surface area contributed by atoms with Crippen LogP contribution in [0.3, 0.4) is 0 Å². The van der Waals surface area contributed by atoms with Gasteiger partial charge in [0.25, 0.3) is 0 Å². The average molecular weight is 328 g/mol. The average Bonchev–Trinajstić information content (AvgIpc) is 2.35. The Labute approximate surface area is 122 Å². The lowest BCUT2D eigenvalue weighted by atomic mass is 10.2. The van der Waals surface area contributed by atoms with Gasteiger partial charge in [0.1, 0.15) is 5.78 Å². The zero-order chi connectivity index (χ0) is 14.6. The summed E-state index contributed by atoms with van der Waals surface area (Å²) in [5.41, 5.74) is 6.29. The van der Waals surface area contributed by atoms with E-state index in [2.05, 4.69) is 0 Å². The van der Waals surface area contributed by atoms with Crippen LogP contribution in [-0.4, -0.2) is 18.3 Å². The smallest absolute Gasteiger partial charge is 0.351 e. The maximum absolute atomic E-state index is 12.5. The van der Waals surface area contributed by atoms with Crippen molar-refractivity contribution in [1.29, 1.82) is 0 Å². The van der Waals surface area contributed by atoms with Crippen LogP contribution in [0.5, 0.6) is 5.75 Å². The lowest BCUT2D eigenvalue weighted by molar-refractivity contribution is 0.212. The van der Waals surface area contributed by atoms with E-state index < -0.39 is 13.4 Å². The Morgan fingerprint density at radius 2 is 1.68 bits per heavy atom. The molecule has 0 fully saturated rings. The van der Waals surface area contributed by atoms with Gasteiger partial charge in [-0.25, -0.2) is 0 Å². The van der Waals surface area contributed by atoms with Gasteiger partial charge >= 0.3 is 7.60 Å². The molecule has 0 unspecified atom stereocenters. The van der Waals surface area contributed by atoms with Gasteiger partial charge in [-0.05, 0) is 31.5 Å². The Bertz CT molecular complexity index is 465. The molecule has 0 radical (unpaired) electrons. The molecule has 1 rings (SSSR count). The van der Waals surface area contributed by atoms with Crippen LogP contribution in [-0.2, 0) is 13.6 Å². The number of phenols is 1. The van der Waals surface area contributed by atoms with Gasteiger partial charge in [-0.3, -0.25) is 4.57 Å². The molecule has 0 bridgehead atoms. The highest BCUT2D eigenvalue weighted by Crippen LogP contribution is 2.58. The second-order valence-corrected chi connectivity index (χ2v) is 6.62. The van der Waals surface area contributed by atoms with Gasteiger partial charge in [-0.2, -0.15) is 0 Å². The highest BCUT2D eigenvalue weighted by Gasteiger charge is 2.34. The number of nitrogens with two attached hydrogens (primary N) is 1. The zero-order valence-corrected chi connectivity index (χ0v) is 13.0. The molecule has 1 atom stereocenters. The fourth-order valence-corrected chi connectivity index (χ4v) is 3.63. The van der Waals surface area contributed by atoms with Gasteiger partial charge in [-0.15, -0.1) is 0 Å². The van der Waals surface area contributed by atoms with E-state index in [1.165, 1.54) is 12.1 Å². The molecule has 19 heavy (non-hydrogen) atoms. The number of phenolic OH excluding ortho intramolecular Hbond substituents is 1. The van der Waals surface area contributed by atoms with Crippen molar-refractivity contribution in [3.63, 3.8) is 0 Å². The molecule has 1 aromatic rings. The van der Waals surface area contributed by atoms with Crippen molar-refractivity contribution in [2.24, 2.45) is 5.73 Å². The van der Waals surface area contributed by atoms with Crippen molar-refractivity contribution in [2.75, 3.05) is 13.2 Å². The molecule has 8 heteroatoms. The van der Waals surface area contributed by atoms with E-state index >= 15 is 0 Å². The summed E-state index contributed by atoms with van der Waals surface area (Å²) < 4.78 is 22.8. The van der Waals surface area contributed by atoms with E-state index in [1.807, 2.05) is 0 Å². The summed E-state index contributed by atoms with van der Waals surface area (Å²) >= 11 is 11.6. The number of aromatic hydroxyl groups is 1. The Morgan fingerprint density at radius 1 is 1.26 bits per heavy atom. The standard InChI is InChI=1S/C11H16Cl2NO4P/c1-3-17-19(16,18-4-2)11(14)7-5-8(12)10(15)9(13)6-7/h5-6,11,15H,3-4,14H2,1-2H3/t11-/m0/s1. The molecule has 0 aliphatic carbocycles. The number of hydrogen-bond donors (Lipinski definition) is 2. The molecule has 0 aliphatic heterocycles. The Morgan fingerprint density at radius 3 is 2.05 bits per heavy atom. The Balaban J connectivity index is 3.16. The van der Waals surface area contributed by atoms with E-state index in [0.717, 1.165) is 0 Å². The Kier molecular flexibility index (Phi) is 6.12. The lowest BCUT2D eigenvalue weighted by Crippen LogP contribution is -2.15. The van der Waals surface area contributed by atoms with E-state index in [1.54, 1.807) is 13.8 Å². The number of rotatable bonds is 6. The molecule has 0 spiro atoms. The maximum Gasteiger partial charge on any atom is 0.351 e. The van der Waals surface area contributed by atoms with Crippen molar-refractivity contribution in [1.82, 2.24) is 0 Å². The summed E-state index contributed by atoms with van der Waals surface area (Å²) in [7, 11) is -3.51. The highest BCUT2D eigenvalue weighted by molar-refractivity contribution is 7.54. The van der Waals surface area contributed by atoms with Crippen LogP contribution in [0.1, 0.15) is 25.2 Å². The first-order valence-corrected chi connectivity index (χ1v) is 8.04. The van der Waals surface area contributed by atoms with E-state index in [4.69, 9.17) is 38.0 Å². The summed E-state index contributed by atoms with van der Waals surface area (Å²) in [6.07, 6.45) is 0. The summed E-state index contributed by atoms with van der Waals surface area (Å²) in [4.78, 5) is 0. The monoisotopic (exact) mass is 327 g/mol. The van der Waals surface area contributed by atoms with E-state index in [9.17, 15) is 9.67 Å². The van der Waals surface area contributed by atoms with Crippen LogP contribution in [0.25, 0.3) is 0 Å². The topological polar surface area (TPSA) is 81.8 Å². The zero-order valence-electron chi connectivity index (χ0n) is 10.6. The first kappa shape index (κ1) is 16.8. The lowest BCUT2D eigenvalue weighted by Gasteiger charge is -2.23. The Hall–Kier alpha value is -0.290. The van der Waals surface area contributed by atoms with Crippen molar-refractivity contribution in [3.05, 3.63) is 27.7 Å². The number of halogens is 2.